The van der Waals surface area contributed by atoms with E-state index >= 15 is 0 Å². The summed E-state index contributed by atoms with van der Waals surface area (Å²) < 4.78 is 6.77. The molecule has 0 fully saturated rings. The van der Waals surface area contributed by atoms with Gasteiger partial charge in [-0.3, -0.25) is 9.88 Å². The predicted molar refractivity (Wildman–Crippen MR) is 112 cm³/mol. The second-order valence-electron chi connectivity index (χ2n) is 6.76. The molecule has 3 aromatic rings. The lowest BCUT2D eigenvalue weighted by atomic mass is 10.0. The summed E-state index contributed by atoms with van der Waals surface area (Å²) in [6, 6.07) is 1.27. The van der Waals surface area contributed by atoms with E-state index in [1.165, 1.54) is 23.4 Å². The fourth-order valence-corrected chi connectivity index (χ4v) is 3.55. The van der Waals surface area contributed by atoms with E-state index in [2.05, 4.69) is 41.4 Å². The molecule has 1 N–H and O–H groups in total. The normalized spacial score (nSPS) is 15.8. The Morgan fingerprint density at radius 3 is 2.76 bits per heavy atom. The molecule has 150 valence electrons. The van der Waals surface area contributed by atoms with Crippen molar-refractivity contribution in [1.29, 1.82) is 0 Å². The number of carbonyl (C=O) groups is 1. The molecule has 0 aromatic carbocycles. The molecule has 0 radical (unpaired) electrons. The van der Waals surface area contributed by atoms with Gasteiger partial charge in [-0.1, -0.05) is 25.4 Å². The average Bonchev–Trinajstić information content (AvgIpc) is 3.22. The Hall–Kier alpha value is -2.72. The average molecular weight is 479 g/mol. The fraction of sp³-hybridized carbons (Fsp3) is 0.278. The molecule has 4 heterocycles. The van der Waals surface area contributed by atoms with Crippen LogP contribution in [0.4, 0.5) is 16.2 Å². The van der Waals surface area contributed by atoms with Crippen LogP contribution in [0, 0.1) is 5.92 Å². The Bertz CT molecular complexity index is 1040. The topological polar surface area (TPSA) is 98.1 Å². The van der Waals surface area contributed by atoms with Crippen molar-refractivity contribution in [2.24, 2.45) is 5.92 Å². The van der Waals surface area contributed by atoms with Crippen molar-refractivity contribution >= 4 is 44.9 Å². The number of hydrogen-bond donors (Lipinski definition) is 1. The lowest BCUT2D eigenvalue weighted by Gasteiger charge is -2.36. The van der Waals surface area contributed by atoms with Gasteiger partial charge in [0.2, 0.25) is 0 Å². The largest absolute Gasteiger partial charge is 0.485 e. The molecule has 0 aliphatic carbocycles. The highest BCUT2D eigenvalue weighted by Gasteiger charge is 2.33. The molecule has 9 nitrogen and oxygen atoms in total. The summed E-state index contributed by atoms with van der Waals surface area (Å²) in [6.07, 6.45) is 7.66. The molecule has 1 aliphatic heterocycles. The lowest BCUT2D eigenvalue weighted by molar-refractivity contribution is 0.145. The number of fused-ring (bicyclic) bond motifs is 1. The van der Waals surface area contributed by atoms with Crippen molar-refractivity contribution in [3.05, 3.63) is 46.5 Å². The summed E-state index contributed by atoms with van der Waals surface area (Å²) >= 11 is 9.74. The van der Waals surface area contributed by atoms with Crippen molar-refractivity contribution in [3.63, 3.8) is 0 Å². The third-order valence-electron chi connectivity index (χ3n) is 4.43. The van der Waals surface area contributed by atoms with Gasteiger partial charge < -0.3 is 10.1 Å². The van der Waals surface area contributed by atoms with Gasteiger partial charge in [-0.05, 0) is 27.9 Å². The number of pyridine rings is 2. The predicted octanol–water partition coefficient (Wildman–Crippen LogP) is 3.93. The van der Waals surface area contributed by atoms with Gasteiger partial charge in [0.1, 0.15) is 11.8 Å². The van der Waals surface area contributed by atoms with Crippen LogP contribution in [0.2, 0.25) is 5.02 Å². The zero-order chi connectivity index (χ0) is 20.5. The minimum atomic E-state index is -0.331. The van der Waals surface area contributed by atoms with Gasteiger partial charge in [-0.15, -0.1) is 4.80 Å². The number of aromatic nitrogens is 5. The van der Waals surface area contributed by atoms with Crippen LogP contribution in [0.1, 0.15) is 13.8 Å². The summed E-state index contributed by atoms with van der Waals surface area (Å²) in [5, 5.41) is 11.2. The summed E-state index contributed by atoms with van der Waals surface area (Å²) in [5.74, 6) is 1.19. The Morgan fingerprint density at radius 1 is 1.31 bits per heavy atom. The van der Waals surface area contributed by atoms with Gasteiger partial charge in [0.05, 0.1) is 46.5 Å². The molecule has 0 saturated heterocycles. The molecular formula is C18H17BrClN7O2. The molecule has 0 spiro atoms. The third kappa shape index (κ3) is 3.90. The summed E-state index contributed by atoms with van der Waals surface area (Å²) in [4.78, 5) is 24.4. The van der Waals surface area contributed by atoms with Gasteiger partial charge >= 0.3 is 6.03 Å². The van der Waals surface area contributed by atoms with Gasteiger partial charge in [0, 0.05) is 6.20 Å². The van der Waals surface area contributed by atoms with E-state index in [9.17, 15) is 4.79 Å². The first-order valence-corrected chi connectivity index (χ1v) is 10.0. The minimum absolute atomic E-state index is 0.151. The molecule has 1 atom stereocenters. The highest BCUT2D eigenvalue weighted by atomic mass is 79.9. The maximum absolute atomic E-state index is 13.1. The Labute approximate surface area is 180 Å². The van der Waals surface area contributed by atoms with Crippen LogP contribution in [0.15, 0.2) is 41.5 Å². The Balaban J connectivity index is 1.60. The maximum atomic E-state index is 13.1. The van der Waals surface area contributed by atoms with Gasteiger partial charge in [-0.25, -0.2) is 9.78 Å². The zero-order valence-corrected chi connectivity index (χ0v) is 17.9. The molecule has 0 bridgehead atoms. The monoisotopic (exact) mass is 477 g/mol. The quantitative estimate of drug-likeness (QED) is 0.612. The molecule has 1 aliphatic rings. The maximum Gasteiger partial charge on any atom is 0.326 e. The van der Waals surface area contributed by atoms with E-state index < -0.39 is 0 Å². The number of nitrogens with one attached hydrogen (secondary N) is 1. The number of urea groups is 1. The fourth-order valence-electron chi connectivity index (χ4n) is 2.89. The van der Waals surface area contributed by atoms with Crippen LogP contribution in [0.25, 0.3) is 5.82 Å². The van der Waals surface area contributed by atoms with Crippen LogP contribution >= 0.6 is 27.5 Å². The Kier molecular flexibility index (Phi) is 5.37. The van der Waals surface area contributed by atoms with Crippen molar-refractivity contribution in [3.8, 4) is 11.6 Å². The first-order valence-electron chi connectivity index (χ1n) is 8.85. The van der Waals surface area contributed by atoms with Crippen LogP contribution in [-0.4, -0.2) is 43.6 Å². The first-order chi connectivity index (χ1) is 13.9. The van der Waals surface area contributed by atoms with Crippen molar-refractivity contribution in [2.45, 2.75) is 20.0 Å². The molecule has 3 aromatic heterocycles. The number of hydrogen-bond acceptors (Lipinski definition) is 6. The van der Waals surface area contributed by atoms with Crippen molar-refractivity contribution < 1.29 is 9.53 Å². The van der Waals surface area contributed by atoms with E-state index in [0.29, 0.717) is 39.0 Å². The lowest BCUT2D eigenvalue weighted by Crippen LogP contribution is -2.47. The number of ether oxygens (including phenoxy) is 1. The van der Waals surface area contributed by atoms with Crippen molar-refractivity contribution in [1.82, 2.24) is 25.0 Å². The van der Waals surface area contributed by atoms with Crippen molar-refractivity contribution in [2.75, 3.05) is 16.8 Å². The minimum Gasteiger partial charge on any atom is -0.485 e. The molecule has 0 saturated carbocycles. The summed E-state index contributed by atoms with van der Waals surface area (Å²) in [5.41, 5.74) is 1.04. The van der Waals surface area contributed by atoms with Crippen LogP contribution in [0.5, 0.6) is 5.75 Å². The Morgan fingerprint density at radius 2 is 2.07 bits per heavy atom. The summed E-state index contributed by atoms with van der Waals surface area (Å²) in [7, 11) is 0. The second kappa shape index (κ2) is 7.96. The summed E-state index contributed by atoms with van der Waals surface area (Å²) in [6.45, 7) is 4.49. The number of rotatable bonds is 3. The number of nitrogens with zero attached hydrogens (tertiary/aromatic N) is 6. The number of halogens is 2. The molecule has 29 heavy (non-hydrogen) atoms. The third-order valence-corrected chi connectivity index (χ3v) is 5.27. The second-order valence-corrected chi connectivity index (χ2v) is 8.02. The van der Waals surface area contributed by atoms with E-state index in [1.807, 2.05) is 13.8 Å². The number of carbonyl (C=O) groups excluding carboxylic acids is 1. The molecule has 2 amide bonds. The van der Waals surface area contributed by atoms with Crippen LogP contribution in [0.3, 0.4) is 0 Å². The van der Waals surface area contributed by atoms with Gasteiger partial charge in [0.15, 0.2) is 11.6 Å². The first kappa shape index (κ1) is 19.6. The number of amides is 2. The molecule has 11 heteroatoms. The van der Waals surface area contributed by atoms with Crippen LogP contribution < -0.4 is 15.0 Å². The SMILES string of the molecule is CC(C)C1CN(C(=O)Nc2cnc(-n3nccn3)c(Cl)c2)c2cncc(Br)c2O1. The van der Waals surface area contributed by atoms with Gasteiger partial charge in [0.25, 0.3) is 0 Å². The highest BCUT2D eigenvalue weighted by Crippen LogP contribution is 2.40. The van der Waals surface area contributed by atoms with E-state index in [0.717, 1.165) is 0 Å². The zero-order valence-electron chi connectivity index (χ0n) is 15.6. The van der Waals surface area contributed by atoms with E-state index in [4.69, 9.17) is 16.3 Å². The molecule has 4 rings (SSSR count). The highest BCUT2D eigenvalue weighted by molar-refractivity contribution is 9.10. The van der Waals surface area contributed by atoms with E-state index in [-0.39, 0.29) is 18.1 Å². The number of anilines is 2. The smallest absolute Gasteiger partial charge is 0.326 e. The standard InChI is InChI=1S/C18H17BrClN7O2/c1-10(2)15-9-26(14-8-21-7-12(19)16(14)29-15)18(28)25-11-5-13(20)17(22-6-11)27-23-3-4-24-27/h3-8,10,15H,9H2,1-2H3,(H,25,28). The molecular weight excluding hydrogens is 462 g/mol. The van der Waals surface area contributed by atoms with E-state index in [1.54, 1.807) is 23.4 Å². The van der Waals surface area contributed by atoms with Gasteiger partial charge in [-0.2, -0.15) is 10.2 Å². The molecule has 1 unspecified atom stereocenters. The van der Waals surface area contributed by atoms with Crippen LogP contribution in [-0.2, 0) is 0 Å².